The topological polar surface area (TPSA) is 29.0 Å². The van der Waals surface area contributed by atoms with Gasteiger partial charge >= 0.3 is 0 Å². The van der Waals surface area contributed by atoms with Gasteiger partial charge in [-0.2, -0.15) is 0 Å². The average Bonchev–Trinajstić information content (AvgIpc) is 2.40. The van der Waals surface area contributed by atoms with E-state index >= 15 is 0 Å². The molecule has 0 N–H and O–H groups in total. The number of nitrogens with zero attached hydrogens (tertiary/aromatic N) is 3. The summed E-state index contributed by atoms with van der Waals surface area (Å²) in [5.74, 6) is 0.704. The number of benzene rings is 1. The Morgan fingerprint density at radius 3 is 2.83 bits per heavy atom. The zero-order valence-electron chi connectivity index (χ0n) is 9.98. The van der Waals surface area contributed by atoms with Crippen LogP contribution in [-0.2, 0) is 5.88 Å². The maximum Gasteiger partial charge on any atom is 0.151 e. The molecule has 0 amide bonds. The molecule has 1 heterocycles. The van der Waals surface area contributed by atoms with Crippen LogP contribution in [0.1, 0.15) is 12.6 Å². The van der Waals surface area contributed by atoms with Crippen LogP contribution in [-0.4, -0.2) is 16.5 Å². The van der Waals surface area contributed by atoms with Gasteiger partial charge in [0.25, 0.3) is 0 Å². The van der Waals surface area contributed by atoms with Crippen LogP contribution in [0.5, 0.6) is 0 Å². The minimum absolute atomic E-state index is 0.271. The third-order valence-corrected chi connectivity index (χ3v) is 2.80. The molecule has 0 saturated carbocycles. The summed E-state index contributed by atoms with van der Waals surface area (Å²) < 4.78 is 13.2. The van der Waals surface area contributed by atoms with Gasteiger partial charge < -0.3 is 4.90 Å². The van der Waals surface area contributed by atoms with E-state index in [1.165, 1.54) is 12.1 Å². The highest BCUT2D eigenvalue weighted by Crippen LogP contribution is 2.23. The number of aromatic nitrogens is 2. The van der Waals surface area contributed by atoms with E-state index in [0.29, 0.717) is 23.9 Å². The van der Waals surface area contributed by atoms with Crippen molar-refractivity contribution in [3.63, 3.8) is 0 Å². The highest BCUT2D eigenvalue weighted by Gasteiger charge is 2.10. The van der Waals surface area contributed by atoms with E-state index < -0.39 is 0 Å². The van der Waals surface area contributed by atoms with Crippen molar-refractivity contribution in [3.05, 3.63) is 48.2 Å². The maximum absolute atomic E-state index is 13.2. The summed E-state index contributed by atoms with van der Waals surface area (Å²) in [7, 11) is 0. The van der Waals surface area contributed by atoms with Crippen LogP contribution in [0.3, 0.4) is 0 Å². The second-order valence-corrected chi connectivity index (χ2v) is 3.99. The summed E-state index contributed by atoms with van der Waals surface area (Å²) >= 11 is 5.74. The Hall–Kier alpha value is -1.68. The van der Waals surface area contributed by atoms with Crippen molar-refractivity contribution >= 4 is 23.1 Å². The molecule has 0 unspecified atom stereocenters. The summed E-state index contributed by atoms with van der Waals surface area (Å²) in [6, 6.07) is 6.39. The molecule has 0 aliphatic carbocycles. The molecule has 94 valence electrons. The lowest BCUT2D eigenvalue weighted by Gasteiger charge is -2.22. The van der Waals surface area contributed by atoms with Crippen LogP contribution in [0.4, 0.5) is 15.9 Å². The molecule has 0 aliphatic heterocycles. The first kappa shape index (κ1) is 12.8. The van der Waals surface area contributed by atoms with Gasteiger partial charge in [-0.25, -0.2) is 9.37 Å². The zero-order valence-corrected chi connectivity index (χ0v) is 10.7. The highest BCUT2D eigenvalue weighted by molar-refractivity contribution is 6.16. The van der Waals surface area contributed by atoms with Crippen molar-refractivity contribution in [3.8, 4) is 0 Å². The number of hydrogen-bond donors (Lipinski definition) is 0. The summed E-state index contributed by atoms with van der Waals surface area (Å²) in [5, 5.41) is 0. The number of alkyl halides is 1. The highest BCUT2D eigenvalue weighted by atomic mass is 35.5. The van der Waals surface area contributed by atoms with Crippen LogP contribution >= 0.6 is 11.6 Å². The second kappa shape index (κ2) is 5.78. The molecule has 1 aromatic carbocycles. The Balaban J connectivity index is 2.38. The summed E-state index contributed by atoms with van der Waals surface area (Å²) in [4.78, 5) is 10.3. The second-order valence-electron chi connectivity index (χ2n) is 3.73. The Morgan fingerprint density at radius 1 is 1.33 bits per heavy atom. The summed E-state index contributed by atoms with van der Waals surface area (Å²) in [6.45, 7) is 2.64. The van der Waals surface area contributed by atoms with E-state index in [2.05, 4.69) is 9.97 Å². The third kappa shape index (κ3) is 2.76. The van der Waals surface area contributed by atoms with E-state index in [9.17, 15) is 4.39 Å². The number of halogens is 2. The van der Waals surface area contributed by atoms with Crippen LogP contribution in [0, 0.1) is 5.82 Å². The van der Waals surface area contributed by atoms with Gasteiger partial charge in [-0.05, 0) is 25.1 Å². The SMILES string of the molecule is CCN(c1cccc(F)c1)c1cncc(CCl)n1. The molecular weight excluding hydrogens is 253 g/mol. The Bertz CT molecular complexity index is 533. The largest absolute Gasteiger partial charge is 0.325 e. The van der Waals surface area contributed by atoms with E-state index in [1.54, 1.807) is 18.5 Å². The predicted octanol–water partition coefficient (Wildman–Crippen LogP) is 3.51. The molecule has 0 bridgehead atoms. The predicted molar refractivity (Wildman–Crippen MR) is 70.7 cm³/mol. The first-order chi connectivity index (χ1) is 8.74. The molecule has 0 radical (unpaired) electrons. The smallest absolute Gasteiger partial charge is 0.151 e. The lowest BCUT2D eigenvalue weighted by Crippen LogP contribution is -2.18. The normalized spacial score (nSPS) is 10.4. The van der Waals surface area contributed by atoms with Crippen molar-refractivity contribution in [2.24, 2.45) is 0 Å². The molecule has 0 spiro atoms. The fourth-order valence-electron chi connectivity index (χ4n) is 1.71. The van der Waals surface area contributed by atoms with Crippen molar-refractivity contribution in [1.82, 2.24) is 9.97 Å². The minimum atomic E-state index is -0.271. The Morgan fingerprint density at radius 2 is 2.17 bits per heavy atom. The lowest BCUT2D eigenvalue weighted by molar-refractivity contribution is 0.627. The first-order valence-electron chi connectivity index (χ1n) is 5.64. The Labute approximate surface area is 110 Å². The quantitative estimate of drug-likeness (QED) is 0.792. The van der Waals surface area contributed by atoms with E-state index in [0.717, 1.165) is 5.69 Å². The molecule has 2 rings (SSSR count). The monoisotopic (exact) mass is 265 g/mol. The van der Waals surface area contributed by atoms with Gasteiger partial charge in [-0.3, -0.25) is 4.98 Å². The summed E-state index contributed by atoms with van der Waals surface area (Å²) in [6.07, 6.45) is 3.26. The molecular formula is C13H13ClFN3. The van der Waals surface area contributed by atoms with Crippen LogP contribution < -0.4 is 4.90 Å². The number of hydrogen-bond acceptors (Lipinski definition) is 3. The molecule has 1 aromatic heterocycles. The van der Waals surface area contributed by atoms with Crippen LogP contribution in [0.25, 0.3) is 0 Å². The molecule has 2 aromatic rings. The van der Waals surface area contributed by atoms with Crippen molar-refractivity contribution in [2.75, 3.05) is 11.4 Å². The van der Waals surface area contributed by atoms with Crippen molar-refractivity contribution in [1.29, 1.82) is 0 Å². The molecule has 5 heteroatoms. The number of rotatable bonds is 4. The molecule has 3 nitrogen and oxygen atoms in total. The van der Waals surface area contributed by atoms with Gasteiger partial charge in [0.1, 0.15) is 5.82 Å². The van der Waals surface area contributed by atoms with Crippen molar-refractivity contribution in [2.45, 2.75) is 12.8 Å². The van der Waals surface area contributed by atoms with Gasteiger partial charge in [0.2, 0.25) is 0 Å². The first-order valence-corrected chi connectivity index (χ1v) is 6.18. The molecule has 0 aliphatic rings. The Kier molecular flexibility index (Phi) is 4.10. The van der Waals surface area contributed by atoms with Gasteiger partial charge in [-0.15, -0.1) is 11.6 Å². The van der Waals surface area contributed by atoms with Crippen LogP contribution in [0.2, 0.25) is 0 Å². The minimum Gasteiger partial charge on any atom is -0.325 e. The standard InChI is InChI=1S/C13H13ClFN3/c1-2-18(12-5-3-4-10(15)6-12)13-9-16-8-11(7-14)17-13/h3-6,8-9H,2,7H2,1H3. The lowest BCUT2D eigenvalue weighted by atomic mass is 10.2. The third-order valence-electron chi connectivity index (χ3n) is 2.52. The molecule has 0 fully saturated rings. The maximum atomic E-state index is 13.2. The van der Waals surface area contributed by atoms with Gasteiger partial charge in [0.15, 0.2) is 5.82 Å². The summed E-state index contributed by atoms with van der Waals surface area (Å²) in [5.41, 5.74) is 1.45. The van der Waals surface area contributed by atoms with E-state index in [-0.39, 0.29) is 5.82 Å². The van der Waals surface area contributed by atoms with Gasteiger partial charge in [0.05, 0.1) is 17.8 Å². The zero-order chi connectivity index (χ0) is 13.0. The van der Waals surface area contributed by atoms with Gasteiger partial charge in [0, 0.05) is 18.4 Å². The molecule has 0 atom stereocenters. The van der Waals surface area contributed by atoms with E-state index in [1.807, 2.05) is 17.9 Å². The van der Waals surface area contributed by atoms with Crippen molar-refractivity contribution < 1.29 is 4.39 Å². The number of anilines is 2. The van der Waals surface area contributed by atoms with E-state index in [4.69, 9.17) is 11.6 Å². The molecule has 0 saturated heterocycles. The van der Waals surface area contributed by atoms with Gasteiger partial charge in [-0.1, -0.05) is 6.07 Å². The average molecular weight is 266 g/mol. The van der Waals surface area contributed by atoms with Crippen LogP contribution in [0.15, 0.2) is 36.7 Å². The fraction of sp³-hybridized carbons (Fsp3) is 0.231. The molecule has 18 heavy (non-hydrogen) atoms. The fourth-order valence-corrected chi connectivity index (χ4v) is 1.84.